The average Bonchev–Trinajstić information content (AvgIpc) is 2.90. The first-order valence-corrected chi connectivity index (χ1v) is 13.4. The van der Waals surface area contributed by atoms with Crippen LogP contribution in [0.5, 0.6) is 5.75 Å². The summed E-state index contributed by atoms with van der Waals surface area (Å²) in [7, 11) is 3.07. The van der Waals surface area contributed by atoms with Crippen LogP contribution in [0.3, 0.4) is 0 Å². The molecular weight excluding hydrogens is 564 g/mol. The van der Waals surface area contributed by atoms with Crippen molar-refractivity contribution in [3.05, 3.63) is 70.0 Å². The van der Waals surface area contributed by atoms with Gasteiger partial charge in [0.25, 0.3) is 11.9 Å². The number of likely N-dealkylation sites (N-methyl/N-ethyl adjacent to an activating group) is 1. The van der Waals surface area contributed by atoms with Gasteiger partial charge in [-0.3, -0.25) is 19.3 Å². The Kier molecular flexibility index (Phi) is 7.45. The molecule has 3 aliphatic rings. The molecule has 1 fully saturated rings. The topological polar surface area (TPSA) is 231 Å². The van der Waals surface area contributed by atoms with E-state index in [2.05, 4.69) is 0 Å². The maximum atomic E-state index is 14.0. The summed E-state index contributed by atoms with van der Waals surface area (Å²) in [6, 6.07) is 8.72. The van der Waals surface area contributed by atoms with Gasteiger partial charge >= 0.3 is 0 Å². The minimum Gasteiger partial charge on any atom is -0.508 e. The van der Waals surface area contributed by atoms with Gasteiger partial charge in [-0.15, -0.1) is 0 Å². The second kappa shape index (κ2) is 10.6. The summed E-state index contributed by atoms with van der Waals surface area (Å²) in [5.41, 5.74) is 3.99. The van der Waals surface area contributed by atoms with Gasteiger partial charge in [-0.2, -0.15) is 0 Å². The second-order valence-corrected chi connectivity index (χ2v) is 11.4. The number of phenolic OH excluding ortho intramolecular Hbond substituents is 1. The van der Waals surface area contributed by atoms with E-state index in [-0.39, 0.29) is 36.3 Å². The molecule has 4 atom stereocenters. The number of benzene rings is 2. The van der Waals surface area contributed by atoms with Crippen molar-refractivity contribution < 1.29 is 54.9 Å². The van der Waals surface area contributed by atoms with E-state index >= 15 is 0 Å². The summed E-state index contributed by atoms with van der Waals surface area (Å²) in [6.07, 6.45) is 0.105. The molecule has 13 nitrogen and oxygen atoms in total. The molecule has 0 heterocycles. The summed E-state index contributed by atoms with van der Waals surface area (Å²) >= 11 is 0. The Bertz CT molecular complexity index is 1590. The molecule has 1 amide bonds. The highest BCUT2D eigenvalue weighted by Gasteiger charge is 2.64. The molecule has 9 N–H and O–H groups in total. The third-order valence-electron chi connectivity index (χ3n) is 8.43. The summed E-state index contributed by atoms with van der Waals surface area (Å²) in [6.45, 7) is -0.745. The first kappa shape index (κ1) is 30.4. The van der Waals surface area contributed by atoms with Crippen molar-refractivity contribution in [2.24, 2.45) is 17.6 Å². The molecule has 228 valence electrons. The van der Waals surface area contributed by atoms with Crippen molar-refractivity contribution in [1.82, 2.24) is 4.90 Å². The lowest BCUT2D eigenvalue weighted by molar-refractivity contribution is -0.332. The van der Waals surface area contributed by atoms with E-state index in [4.69, 9.17) is 25.8 Å². The van der Waals surface area contributed by atoms with Gasteiger partial charge in [0.15, 0.2) is 11.4 Å². The first-order valence-electron chi connectivity index (χ1n) is 13.4. The zero-order valence-corrected chi connectivity index (χ0v) is 23.3. The summed E-state index contributed by atoms with van der Waals surface area (Å²) in [5, 5.41) is 71.8. The number of Topliss-reactive ketones (excluding diaryl/α,β-unsaturated/α-hetero) is 2. The summed E-state index contributed by atoms with van der Waals surface area (Å²) in [4.78, 5) is 40.8. The Labute approximate surface area is 245 Å². The highest BCUT2D eigenvalue weighted by Crippen LogP contribution is 2.53. The van der Waals surface area contributed by atoms with Crippen LogP contribution in [-0.4, -0.2) is 96.4 Å². The van der Waals surface area contributed by atoms with E-state index in [0.717, 1.165) is 0 Å². The number of ketones is 2. The number of aromatic hydroxyl groups is 1. The monoisotopic (exact) mass is 596 g/mol. The minimum absolute atomic E-state index is 0.0219. The largest absolute Gasteiger partial charge is 0.508 e. The molecule has 1 unspecified atom stereocenters. The number of ether oxygens (including phenoxy) is 1. The second-order valence-electron chi connectivity index (χ2n) is 11.4. The Morgan fingerprint density at radius 3 is 2.30 bits per heavy atom. The number of primary amides is 1. The highest BCUT2D eigenvalue weighted by molar-refractivity contribution is 6.24. The number of aliphatic hydroxyl groups is 6. The molecule has 2 aromatic rings. The lowest BCUT2D eigenvalue weighted by Gasteiger charge is -2.50. The molecule has 0 spiro atoms. The lowest BCUT2D eigenvalue weighted by atomic mass is 9.57. The minimum atomic E-state index is -2.95. The van der Waals surface area contributed by atoms with Gasteiger partial charge in [0.2, 0.25) is 5.78 Å². The number of hydrogen-bond donors (Lipinski definition) is 8. The van der Waals surface area contributed by atoms with Crippen LogP contribution in [-0.2, 0) is 32.1 Å². The van der Waals surface area contributed by atoms with E-state index in [0.29, 0.717) is 22.3 Å². The summed E-state index contributed by atoms with van der Waals surface area (Å²) < 4.78 is 5.08. The number of nitrogens with zero attached hydrogens (tertiary/aromatic N) is 1. The predicted molar refractivity (Wildman–Crippen MR) is 149 cm³/mol. The molecule has 1 saturated carbocycles. The number of hydrogen-bond acceptors (Lipinski definition) is 12. The molecule has 2 aromatic carbocycles. The third kappa shape index (κ3) is 4.89. The number of rotatable bonds is 7. The molecule has 0 aliphatic heterocycles. The van der Waals surface area contributed by atoms with Gasteiger partial charge in [-0.05, 0) is 61.2 Å². The number of phenols is 1. The van der Waals surface area contributed by atoms with Crippen molar-refractivity contribution in [3.63, 3.8) is 0 Å². The third-order valence-corrected chi connectivity index (χ3v) is 8.43. The van der Waals surface area contributed by atoms with Crippen LogP contribution in [0.15, 0.2) is 53.3 Å². The maximum absolute atomic E-state index is 14.0. The fraction of sp³-hybridized carbons (Fsp3) is 0.367. The Morgan fingerprint density at radius 2 is 1.72 bits per heavy atom. The number of fused-ring (bicyclic) bond motifs is 3. The van der Waals surface area contributed by atoms with Crippen LogP contribution >= 0.6 is 0 Å². The van der Waals surface area contributed by atoms with Gasteiger partial charge in [0.1, 0.15) is 29.4 Å². The van der Waals surface area contributed by atoms with Gasteiger partial charge in [-0.25, -0.2) is 0 Å². The zero-order valence-electron chi connectivity index (χ0n) is 23.3. The quantitative estimate of drug-likeness (QED) is 0.153. The van der Waals surface area contributed by atoms with Gasteiger partial charge < -0.3 is 46.2 Å². The van der Waals surface area contributed by atoms with E-state index in [9.17, 15) is 34.8 Å². The van der Waals surface area contributed by atoms with Gasteiger partial charge in [-0.1, -0.05) is 30.3 Å². The van der Waals surface area contributed by atoms with Crippen molar-refractivity contribution in [1.29, 1.82) is 0 Å². The van der Waals surface area contributed by atoms with E-state index < -0.39 is 70.6 Å². The molecule has 0 saturated heterocycles. The molecule has 0 bridgehead atoms. The number of nitrogens with two attached hydrogens (primary N) is 1. The zero-order chi connectivity index (χ0) is 31.6. The average molecular weight is 597 g/mol. The molecule has 0 aromatic heterocycles. The molecule has 0 radical (unpaired) electrons. The SMILES string of the molecule is CN(C)C1C(=O)C(C(N)=O)=C(O)[C@]2(O)C(=O)C3=C(O)c4c(O)ccc(-c5ccc(COCC(O)(O)O)cc5)c4C[C@@H]3C[C@H]12. The Balaban J connectivity index is 1.58. The fourth-order valence-corrected chi connectivity index (χ4v) is 6.60. The lowest BCUT2D eigenvalue weighted by Crippen LogP contribution is -2.65. The van der Waals surface area contributed by atoms with Crippen molar-refractivity contribution in [2.75, 3.05) is 20.7 Å². The standard InChI is InChI=1S/C30H32N2O11/c1-32(2)23-18-10-15-9-17-16(14-5-3-13(4-6-14)11-43-12-29(39,40)41)7-8-19(33)21(17)24(34)20(15)26(36)30(18,42)27(37)22(25(23)35)28(31)38/h3-8,15,18,23,33-34,37,39-42H,9-12H2,1-2H3,(H2,31,38)/t15-,18-,23?,30-/m1/s1. The molecule has 13 heteroatoms. The van der Waals surface area contributed by atoms with Gasteiger partial charge in [0.05, 0.1) is 18.2 Å². The van der Waals surface area contributed by atoms with Crippen LogP contribution in [0.25, 0.3) is 16.9 Å². The van der Waals surface area contributed by atoms with Crippen LogP contribution in [0, 0.1) is 11.8 Å². The van der Waals surface area contributed by atoms with Crippen LogP contribution in [0.4, 0.5) is 0 Å². The fourth-order valence-electron chi connectivity index (χ4n) is 6.60. The Morgan fingerprint density at radius 1 is 1.07 bits per heavy atom. The predicted octanol–water partition coefficient (Wildman–Crippen LogP) is -0.222. The molecule has 43 heavy (non-hydrogen) atoms. The van der Waals surface area contributed by atoms with Gasteiger partial charge in [0, 0.05) is 11.5 Å². The Hall–Kier alpha value is -4.11. The number of carbonyl (C=O) groups excluding carboxylic acids is 3. The smallest absolute Gasteiger partial charge is 0.300 e. The van der Waals surface area contributed by atoms with Crippen LogP contribution in [0.2, 0.25) is 0 Å². The maximum Gasteiger partial charge on any atom is 0.300 e. The highest BCUT2D eigenvalue weighted by atomic mass is 16.7. The number of aliphatic hydroxyl groups excluding tert-OH is 2. The van der Waals surface area contributed by atoms with Crippen molar-refractivity contribution >= 4 is 23.2 Å². The van der Waals surface area contributed by atoms with E-state index in [1.54, 1.807) is 30.3 Å². The number of carbonyl (C=O) groups is 3. The van der Waals surface area contributed by atoms with Crippen molar-refractivity contribution in [3.8, 4) is 16.9 Å². The van der Waals surface area contributed by atoms with E-state index in [1.165, 1.54) is 25.1 Å². The molecular formula is C30H32N2O11. The number of amides is 1. The first-order chi connectivity index (χ1) is 20.1. The van der Waals surface area contributed by atoms with Crippen molar-refractivity contribution in [2.45, 2.75) is 37.1 Å². The molecule has 3 aliphatic carbocycles. The summed E-state index contributed by atoms with van der Waals surface area (Å²) in [5.74, 6) is -10.1. The van der Waals surface area contributed by atoms with Crippen LogP contribution in [0.1, 0.15) is 23.1 Å². The van der Waals surface area contributed by atoms with Crippen LogP contribution < -0.4 is 5.73 Å². The van der Waals surface area contributed by atoms with E-state index in [1.807, 2.05) is 0 Å². The molecule has 5 rings (SSSR count). The normalized spacial score (nSPS) is 25.5.